The molecule has 2 fully saturated rings. The monoisotopic (exact) mass is 348 g/mol. The minimum absolute atomic E-state index is 0.0374. The zero-order chi connectivity index (χ0) is 17.9. The summed E-state index contributed by atoms with van der Waals surface area (Å²) >= 11 is 0. The summed E-state index contributed by atoms with van der Waals surface area (Å²) in [5, 5.41) is 7.63. The molecule has 1 atom stereocenters. The normalized spacial score (nSPS) is 23.3. The summed E-state index contributed by atoms with van der Waals surface area (Å²) in [6.07, 6.45) is 10.5. The minimum atomic E-state index is -0.477. The number of hydrogen-bond acceptors (Lipinski definition) is 4. The third-order valence-corrected chi connectivity index (χ3v) is 5.19. The third-order valence-electron chi connectivity index (χ3n) is 5.19. The second-order valence-corrected chi connectivity index (χ2v) is 8.45. The highest BCUT2D eigenvalue weighted by Gasteiger charge is 2.35. The van der Waals surface area contributed by atoms with Crippen LogP contribution in [0.15, 0.2) is 0 Å². The zero-order valence-electron chi connectivity index (χ0n) is 15.9. The number of carbonyl (C=O) groups excluding carboxylic acids is 1. The molecule has 1 aromatic rings. The van der Waals surface area contributed by atoms with E-state index in [4.69, 9.17) is 9.72 Å². The van der Waals surface area contributed by atoms with E-state index in [2.05, 4.69) is 10.2 Å². The lowest BCUT2D eigenvalue weighted by atomic mass is 9.91. The van der Waals surface area contributed by atoms with E-state index in [1.807, 2.05) is 20.8 Å². The molecule has 1 saturated carbocycles. The van der Waals surface area contributed by atoms with Gasteiger partial charge >= 0.3 is 6.09 Å². The lowest BCUT2D eigenvalue weighted by Gasteiger charge is -2.27. The Kier molecular flexibility index (Phi) is 5.64. The SMILES string of the molecule is CC(C)(C)OC(=O)N1CCC[C@H]1c1nc(C2CCCCCCC2)n[nH]1. The maximum Gasteiger partial charge on any atom is 0.410 e. The Balaban J connectivity index is 1.68. The molecule has 0 bridgehead atoms. The van der Waals surface area contributed by atoms with Crippen LogP contribution in [-0.2, 0) is 4.74 Å². The fourth-order valence-corrected chi connectivity index (χ4v) is 3.92. The highest BCUT2D eigenvalue weighted by molar-refractivity contribution is 5.69. The van der Waals surface area contributed by atoms with Gasteiger partial charge in [-0.15, -0.1) is 0 Å². The molecule has 25 heavy (non-hydrogen) atoms. The molecule has 0 unspecified atom stereocenters. The summed E-state index contributed by atoms with van der Waals surface area (Å²) in [6, 6.07) is -0.0374. The van der Waals surface area contributed by atoms with Crippen molar-refractivity contribution < 1.29 is 9.53 Å². The van der Waals surface area contributed by atoms with Gasteiger partial charge in [-0.3, -0.25) is 10.00 Å². The van der Waals surface area contributed by atoms with E-state index >= 15 is 0 Å². The van der Waals surface area contributed by atoms with Gasteiger partial charge in [-0.25, -0.2) is 9.78 Å². The highest BCUT2D eigenvalue weighted by atomic mass is 16.6. The van der Waals surface area contributed by atoms with Crippen molar-refractivity contribution in [3.05, 3.63) is 11.6 Å². The van der Waals surface area contributed by atoms with Crippen molar-refractivity contribution >= 4 is 6.09 Å². The molecule has 1 N–H and O–H groups in total. The zero-order valence-corrected chi connectivity index (χ0v) is 15.9. The maximum absolute atomic E-state index is 12.5. The first-order valence-electron chi connectivity index (χ1n) is 9.86. The molecule has 140 valence electrons. The Labute approximate surface area is 150 Å². The first-order valence-corrected chi connectivity index (χ1v) is 9.86. The number of aromatic amines is 1. The average molecular weight is 348 g/mol. The fourth-order valence-electron chi connectivity index (χ4n) is 3.92. The van der Waals surface area contributed by atoms with Crippen molar-refractivity contribution in [1.29, 1.82) is 0 Å². The molecule has 0 aromatic carbocycles. The number of amides is 1. The predicted octanol–water partition coefficient (Wildman–Crippen LogP) is 4.70. The van der Waals surface area contributed by atoms with Crippen LogP contribution >= 0.6 is 0 Å². The van der Waals surface area contributed by atoms with Crippen LogP contribution in [0.1, 0.15) is 102 Å². The Morgan fingerprint density at radius 3 is 2.44 bits per heavy atom. The average Bonchev–Trinajstić information content (AvgIpc) is 3.13. The van der Waals surface area contributed by atoms with Crippen molar-refractivity contribution in [2.45, 2.75) is 96.1 Å². The minimum Gasteiger partial charge on any atom is -0.444 e. The maximum atomic E-state index is 12.5. The number of rotatable bonds is 2. The number of aromatic nitrogens is 3. The topological polar surface area (TPSA) is 71.1 Å². The van der Waals surface area contributed by atoms with Gasteiger partial charge in [-0.1, -0.05) is 32.1 Å². The Hall–Kier alpha value is -1.59. The van der Waals surface area contributed by atoms with Crippen molar-refractivity contribution in [2.24, 2.45) is 0 Å². The van der Waals surface area contributed by atoms with Crippen LogP contribution in [0, 0.1) is 0 Å². The van der Waals surface area contributed by atoms with E-state index in [0.29, 0.717) is 5.92 Å². The molecular formula is C19H32N4O2. The van der Waals surface area contributed by atoms with Crippen LogP contribution < -0.4 is 0 Å². The molecule has 6 nitrogen and oxygen atoms in total. The van der Waals surface area contributed by atoms with Crippen molar-refractivity contribution in [1.82, 2.24) is 20.1 Å². The first kappa shape index (κ1) is 18.2. The van der Waals surface area contributed by atoms with Crippen LogP contribution in [0.3, 0.4) is 0 Å². The molecule has 3 rings (SSSR count). The third kappa shape index (κ3) is 4.73. The first-order chi connectivity index (χ1) is 11.9. The summed E-state index contributed by atoms with van der Waals surface area (Å²) < 4.78 is 5.55. The second-order valence-electron chi connectivity index (χ2n) is 8.45. The van der Waals surface area contributed by atoms with Crippen molar-refractivity contribution in [3.8, 4) is 0 Å². The molecule has 1 aliphatic carbocycles. The van der Waals surface area contributed by atoms with Gasteiger partial charge in [0.15, 0.2) is 5.82 Å². The molecule has 0 spiro atoms. The van der Waals surface area contributed by atoms with Gasteiger partial charge in [-0.2, -0.15) is 5.10 Å². The molecule has 1 saturated heterocycles. The number of carbonyl (C=O) groups is 1. The van der Waals surface area contributed by atoms with E-state index in [1.54, 1.807) is 4.90 Å². The molecule has 0 radical (unpaired) electrons. The fraction of sp³-hybridized carbons (Fsp3) is 0.842. The molecule has 1 amide bonds. The molecule has 2 aliphatic rings. The lowest BCUT2D eigenvalue weighted by molar-refractivity contribution is 0.0218. The van der Waals surface area contributed by atoms with Crippen LogP contribution in [-0.4, -0.2) is 38.3 Å². The van der Waals surface area contributed by atoms with Crippen molar-refractivity contribution in [2.75, 3.05) is 6.54 Å². The lowest BCUT2D eigenvalue weighted by Crippen LogP contribution is -2.36. The van der Waals surface area contributed by atoms with Crippen LogP contribution in [0.5, 0.6) is 0 Å². The predicted molar refractivity (Wildman–Crippen MR) is 96.4 cm³/mol. The quantitative estimate of drug-likeness (QED) is 0.840. The van der Waals surface area contributed by atoms with Crippen molar-refractivity contribution in [3.63, 3.8) is 0 Å². The van der Waals surface area contributed by atoms with E-state index in [1.165, 1.54) is 44.9 Å². The number of nitrogens with one attached hydrogen (secondary N) is 1. The molecule has 2 heterocycles. The summed E-state index contributed by atoms with van der Waals surface area (Å²) in [6.45, 7) is 6.42. The Morgan fingerprint density at radius 2 is 1.76 bits per heavy atom. The molecule has 1 aromatic heterocycles. The summed E-state index contributed by atoms with van der Waals surface area (Å²) in [4.78, 5) is 19.1. The number of nitrogens with zero attached hydrogens (tertiary/aromatic N) is 3. The van der Waals surface area contributed by atoms with E-state index in [0.717, 1.165) is 31.0 Å². The van der Waals surface area contributed by atoms with Gasteiger partial charge in [0.1, 0.15) is 11.4 Å². The number of H-pyrrole nitrogens is 1. The van der Waals surface area contributed by atoms with E-state index in [9.17, 15) is 4.79 Å². The Morgan fingerprint density at radius 1 is 1.08 bits per heavy atom. The summed E-state index contributed by atoms with van der Waals surface area (Å²) in [7, 11) is 0. The Bertz CT molecular complexity index is 570. The van der Waals surface area contributed by atoms with Gasteiger partial charge in [0.05, 0.1) is 6.04 Å². The van der Waals surface area contributed by atoms with Crippen LogP contribution in [0.4, 0.5) is 4.79 Å². The number of hydrogen-bond donors (Lipinski definition) is 1. The van der Waals surface area contributed by atoms with Crippen LogP contribution in [0.25, 0.3) is 0 Å². The summed E-state index contributed by atoms with van der Waals surface area (Å²) in [5.74, 6) is 2.22. The molecular weight excluding hydrogens is 316 g/mol. The van der Waals surface area contributed by atoms with E-state index < -0.39 is 5.60 Å². The van der Waals surface area contributed by atoms with Gasteiger partial charge < -0.3 is 4.74 Å². The van der Waals surface area contributed by atoms with Gasteiger partial charge in [0.25, 0.3) is 0 Å². The summed E-state index contributed by atoms with van der Waals surface area (Å²) in [5.41, 5.74) is -0.477. The van der Waals surface area contributed by atoms with Gasteiger partial charge in [-0.05, 0) is 46.5 Å². The molecule has 1 aliphatic heterocycles. The van der Waals surface area contributed by atoms with Gasteiger partial charge in [0.2, 0.25) is 0 Å². The smallest absolute Gasteiger partial charge is 0.410 e. The van der Waals surface area contributed by atoms with Crippen LogP contribution in [0.2, 0.25) is 0 Å². The standard InChI is InChI=1S/C19H32N4O2/c1-19(2,3)25-18(24)23-13-9-12-15(23)17-20-16(21-22-17)14-10-7-5-4-6-8-11-14/h14-15H,4-13H2,1-3H3,(H,20,21,22)/t15-/m0/s1. The van der Waals surface area contributed by atoms with E-state index in [-0.39, 0.29) is 12.1 Å². The second kappa shape index (κ2) is 7.75. The largest absolute Gasteiger partial charge is 0.444 e. The number of ether oxygens (including phenoxy) is 1. The molecule has 6 heteroatoms. The van der Waals surface area contributed by atoms with Gasteiger partial charge in [0, 0.05) is 12.5 Å². The number of likely N-dealkylation sites (tertiary alicyclic amines) is 1. The highest BCUT2D eigenvalue weighted by Crippen LogP contribution is 2.33.